The molecule has 1 rings (SSSR count). The SMILES string of the molecule is CC(=O)c1cc(C)cc(C(=O)O)c1. The van der Waals surface area contributed by atoms with E-state index >= 15 is 0 Å². The fourth-order valence-electron chi connectivity index (χ4n) is 1.11. The van der Waals surface area contributed by atoms with E-state index in [4.69, 9.17) is 5.11 Å². The molecule has 0 aliphatic rings. The van der Waals surface area contributed by atoms with Gasteiger partial charge in [-0.05, 0) is 37.6 Å². The maximum absolute atomic E-state index is 11.0. The summed E-state index contributed by atoms with van der Waals surface area (Å²) in [4.78, 5) is 21.6. The summed E-state index contributed by atoms with van der Waals surface area (Å²) >= 11 is 0. The van der Waals surface area contributed by atoms with Gasteiger partial charge in [0.1, 0.15) is 0 Å². The molecule has 0 saturated heterocycles. The van der Waals surface area contributed by atoms with Gasteiger partial charge in [-0.25, -0.2) is 4.79 Å². The van der Waals surface area contributed by atoms with Gasteiger partial charge in [0.25, 0.3) is 0 Å². The molecule has 0 aliphatic carbocycles. The summed E-state index contributed by atoms with van der Waals surface area (Å²) in [5, 5.41) is 8.70. The van der Waals surface area contributed by atoms with Crippen molar-refractivity contribution in [3.05, 3.63) is 34.9 Å². The van der Waals surface area contributed by atoms with Crippen LogP contribution in [0.4, 0.5) is 0 Å². The predicted molar refractivity (Wildman–Crippen MR) is 48.1 cm³/mol. The van der Waals surface area contributed by atoms with Gasteiger partial charge in [0.2, 0.25) is 0 Å². The second-order valence-electron chi connectivity index (χ2n) is 2.95. The van der Waals surface area contributed by atoms with Gasteiger partial charge < -0.3 is 5.11 Å². The molecule has 0 bridgehead atoms. The van der Waals surface area contributed by atoms with E-state index in [1.807, 2.05) is 0 Å². The minimum atomic E-state index is -1.01. The first-order valence-electron chi connectivity index (χ1n) is 3.86. The first kappa shape index (κ1) is 9.45. The van der Waals surface area contributed by atoms with Crippen molar-refractivity contribution in [2.24, 2.45) is 0 Å². The molecule has 68 valence electrons. The third-order valence-electron chi connectivity index (χ3n) is 1.73. The number of ketones is 1. The molecule has 3 heteroatoms. The maximum atomic E-state index is 11.0. The fourth-order valence-corrected chi connectivity index (χ4v) is 1.11. The van der Waals surface area contributed by atoms with Gasteiger partial charge in [0.15, 0.2) is 5.78 Å². The van der Waals surface area contributed by atoms with E-state index < -0.39 is 5.97 Å². The topological polar surface area (TPSA) is 54.4 Å². The van der Waals surface area contributed by atoms with Crippen LogP contribution >= 0.6 is 0 Å². The second-order valence-corrected chi connectivity index (χ2v) is 2.95. The molecule has 0 heterocycles. The van der Waals surface area contributed by atoms with E-state index in [0.717, 1.165) is 5.56 Å². The van der Waals surface area contributed by atoms with Crippen LogP contribution in [0.2, 0.25) is 0 Å². The Kier molecular flexibility index (Phi) is 2.46. The molecule has 0 aromatic heterocycles. The molecular weight excluding hydrogens is 168 g/mol. The minimum absolute atomic E-state index is 0.119. The first-order chi connectivity index (χ1) is 6.00. The van der Waals surface area contributed by atoms with Crippen molar-refractivity contribution >= 4 is 11.8 Å². The van der Waals surface area contributed by atoms with E-state index in [2.05, 4.69) is 0 Å². The van der Waals surface area contributed by atoms with Gasteiger partial charge in [-0.3, -0.25) is 4.79 Å². The van der Waals surface area contributed by atoms with Crippen molar-refractivity contribution in [3.8, 4) is 0 Å². The molecular formula is C10H10O3. The molecule has 0 unspecified atom stereocenters. The molecule has 3 nitrogen and oxygen atoms in total. The number of Topliss-reactive ketones (excluding diaryl/α,β-unsaturated/α-hetero) is 1. The zero-order chi connectivity index (χ0) is 10.0. The number of carboxylic acid groups (broad SMARTS) is 1. The normalized spacial score (nSPS) is 9.69. The lowest BCUT2D eigenvalue weighted by atomic mass is 10.0. The van der Waals surface area contributed by atoms with E-state index in [1.165, 1.54) is 19.1 Å². The standard InChI is InChI=1S/C10H10O3/c1-6-3-8(7(2)11)5-9(4-6)10(12)13/h3-5H,1-2H3,(H,12,13). The average Bonchev–Trinajstić information content (AvgIpc) is 2.03. The molecule has 0 radical (unpaired) electrons. The molecule has 0 saturated carbocycles. The highest BCUT2D eigenvalue weighted by Crippen LogP contribution is 2.10. The number of aryl methyl sites for hydroxylation is 1. The number of rotatable bonds is 2. The van der Waals surface area contributed by atoms with E-state index in [9.17, 15) is 9.59 Å². The Morgan fingerprint density at radius 1 is 1.15 bits per heavy atom. The van der Waals surface area contributed by atoms with Gasteiger partial charge in [-0.15, -0.1) is 0 Å². The van der Waals surface area contributed by atoms with E-state index in [1.54, 1.807) is 13.0 Å². The molecule has 1 N–H and O–H groups in total. The van der Waals surface area contributed by atoms with Crippen molar-refractivity contribution in [3.63, 3.8) is 0 Å². The number of hydrogen-bond acceptors (Lipinski definition) is 2. The van der Waals surface area contributed by atoms with Crippen molar-refractivity contribution in [2.45, 2.75) is 13.8 Å². The molecule has 1 aromatic rings. The Morgan fingerprint density at radius 2 is 1.69 bits per heavy atom. The maximum Gasteiger partial charge on any atom is 0.335 e. The number of carbonyl (C=O) groups is 2. The summed E-state index contributed by atoms with van der Waals surface area (Å²) in [5.41, 5.74) is 1.38. The van der Waals surface area contributed by atoms with E-state index in [0.29, 0.717) is 5.56 Å². The molecule has 0 amide bonds. The van der Waals surface area contributed by atoms with Gasteiger partial charge >= 0.3 is 5.97 Å². The van der Waals surface area contributed by atoms with Crippen molar-refractivity contribution < 1.29 is 14.7 Å². The zero-order valence-corrected chi connectivity index (χ0v) is 7.50. The van der Waals surface area contributed by atoms with Crippen molar-refractivity contribution in [1.29, 1.82) is 0 Å². The first-order valence-corrected chi connectivity index (χ1v) is 3.86. The Balaban J connectivity index is 3.26. The molecule has 1 aromatic carbocycles. The van der Waals surface area contributed by atoms with Gasteiger partial charge in [0, 0.05) is 5.56 Å². The summed E-state index contributed by atoms with van der Waals surface area (Å²) in [6.45, 7) is 3.18. The highest BCUT2D eigenvalue weighted by atomic mass is 16.4. The molecule has 0 aliphatic heterocycles. The van der Waals surface area contributed by atoms with Crippen molar-refractivity contribution in [1.82, 2.24) is 0 Å². The highest BCUT2D eigenvalue weighted by molar-refractivity contribution is 5.97. The lowest BCUT2D eigenvalue weighted by Gasteiger charge is -2.00. The van der Waals surface area contributed by atoms with Crippen LogP contribution in [-0.4, -0.2) is 16.9 Å². The Labute approximate surface area is 76.0 Å². The Morgan fingerprint density at radius 3 is 2.15 bits per heavy atom. The van der Waals surface area contributed by atoms with Crippen molar-refractivity contribution in [2.75, 3.05) is 0 Å². The highest BCUT2D eigenvalue weighted by Gasteiger charge is 2.07. The fraction of sp³-hybridized carbons (Fsp3) is 0.200. The van der Waals surface area contributed by atoms with Crippen LogP contribution in [0.25, 0.3) is 0 Å². The summed E-state index contributed by atoms with van der Waals surface area (Å²) in [6, 6.07) is 4.60. The summed E-state index contributed by atoms with van der Waals surface area (Å²) < 4.78 is 0. The molecule has 0 atom stereocenters. The summed E-state index contributed by atoms with van der Waals surface area (Å²) in [7, 11) is 0. The molecule has 0 spiro atoms. The van der Waals surface area contributed by atoms with Crippen LogP contribution in [0.5, 0.6) is 0 Å². The minimum Gasteiger partial charge on any atom is -0.478 e. The predicted octanol–water partition coefficient (Wildman–Crippen LogP) is 1.90. The lowest BCUT2D eigenvalue weighted by Crippen LogP contribution is -2.01. The third kappa shape index (κ3) is 2.15. The lowest BCUT2D eigenvalue weighted by molar-refractivity contribution is 0.0697. The van der Waals surface area contributed by atoms with Crippen LogP contribution in [0.15, 0.2) is 18.2 Å². The largest absolute Gasteiger partial charge is 0.478 e. The summed E-state index contributed by atoms with van der Waals surface area (Å²) in [6.07, 6.45) is 0. The third-order valence-corrected chi connectivity index (χ3v) is 1.73. The van der Waals surface area contributed by atoms with Crippen LogP contribution in [0.3, 0.4) is 0 Å². The number of aromatic carboxylic acids is 1. The van der Waals surface area contributed by atoms with E-state index in [-0.39, 0.29) is 11.3 Å². The molecule has 13 heavy (non-hydrogen) atoms. The Hall–Kier alpha value is -1.64. The monoisotopic (exact) mass is 178 g/mol. The number of carboxylic acids is 1. The van der Waals surface area contributed by atoms with Crippen LogP contribution < -0.4 is 0 Å². The van der Waals surface area contributed by atoms with Gasteiger partial charge in [-0.1, -0.05) is 0 Å². The number of hydrogen-bond donors (Lipinski definition) is 1. The van der Waals surface area contributed by atoms with Gasteiger partial charge in [-0.2, -0.15) is 0 Å². The molecule has 0 fully saturated rings. The number of benzene rings is 1. The quantitative estimate of drug-likeness (QED) is 0.703. The van der Waals surface area contributed by atoms with Crippen LogP contribution in [0.1, 0.15) is 33.2 Å². The second kappa shape index (κ2) is 3.39. The van der Waals surface area contributed by atoms with Gasteiger partial charge in [0.05, 0.1) is 5.56 Å². The Bertz CT molecular complexity index is 334. The average molecular weight is 178 g/mol. The smallest absolute Gasteiger partial charge is 0.335 e. The van der Waals surface area contributed by atoms with Crippen LogP contribution in [0, 0.1) is 6.92 Å². The zero-order valence-electron chi connectivity index (χ0n) is 7.50. The summed E-state index contributed by atoms with van der Waals surface area (Å²) in [5.74, 6) is -1.13. The van der Waals surface area contributed by atoms with Crippen LogP contribution in [-0.2, 0) is 0 Å². The number of carbonyl (C=O) groups excluding carboxylic acids is 1.